The fraction of sp³-hybridized carbons (Fsp3) is 0.143. The number of benzene rings is 2. The molecule has 28 heavy (non-hydrogen) atoms. The molecule has 0 unspecified atom stereocenters. The first-order valence-electron chi connectivity index (χ1n) is 8.74. The van der Waals surface area contributed by atoms with Crippen LogP contribution in [0.4, 0.5) is 0 Å². The lowest BCUT2D eigenvalue weighted by Gasteiger charge is -2.05. The fourth-order valence-corrected chi connectivity index (χ4v) is 3.95. The van der Waals surface area contributed by atoms with Crippen LogP contribution in [0.1, 0.15) is 11.3 Å². The maximum Gasteiger partial charge on any atom is 0.273 e. The summed E-state index contributed by atoms with van der Waals surface area (Å²) >= 11 is 0. The van der Waals surface area contributed by atoms with E-state index >= 15 is 0 Å². The minimum Gasteiger partial charge on any atom is -0.293 e. The third-order valence-corrected chi connectivity index (χ3v) is 5.81. The molecule has 0 bridgehead atoms. The number of nitrogens with one attached hydrogen (secondary N) is 1. The Balaban J connectivity index is 1.93. The molecule has 0 spiro atoms. The summed E-state index contributed by atoms with van der Waals surface area (Å²) in [6, 6.07) is 15.9. The molecule has 2 aromatic carbocycles. The van der Waals surface area contributed by atoms with Crippen LogP contribution in [0.5, 0.6) is 0 Å². The van der Waals surface area contributed by atoms with Gasteiger partial charge in [0.1, 0.15) is 0 Å². The lowest BCUT2D eigenvalue weighted by molar-refractivity contribution is 0.602. The van der Waals surface area contributed by atoms with Gasteiger partial charge < -0.3 is 0 Å². The molecule has 0 saturated heterocycles. The van der Waals surface area contributed by atoms with E-state index < -0.39 is 9.84 Å². The SMILES string of the molecule is Cc1cccc(-c2c(C)[nH]n3c(=O)cc(-c4ccc(S(C)(=O)=O)cc4)nc23)c1. The molecule has 1 N–H and O–H groups in total. The number of sulfone groups is 1. The van der Waals surface area contributed by atoms with E-state index in [2.05, 4.69) is 11.2 Å². The zero-order valence-electron chi connectivity index (χ0n) is 15.7. The zero-order chi connectivity index (χ0) is 20.1. The van der Waals surface area contributed by atoms with Crippen LogP contribution in [0.15, 0.2) is 64.3 Å². The molecule has 0 aliphatic rings. The van der Waals surface area contributed by atoms with Crippen molar-refractivity contribution >= 4 is 15.5 Å². The lowest BCUT2D eigenvalue weighted by Crippen LogP contribution is -2.14. The van der Waals surface area contributed by atoms with Gasteiger partial charge in [0.15, 0.2) is 15.5 Å². The molecule has 7 heteroatoms. The maximum atomic E-state index is 12.7. The summed E-state index contributed by atoms with van der Waals surface area (Å²) in [5.41, 5.74) is 5.31. The lowest BCUT2D eigenvalue weighted by atomic mass is 10.0. The van der Waals surface area contributed by atoms with Crippen molar-refractivity contribution < 1.29 is 8.42 Å². The number of fused-ring (bicyclic) bond motifs is 1. The van der Waals surface area contributed by atoms with Gasteiger partial charge in [-0.05, 0) is 31.5 Å². The Morgan fingerprint density at radius 3 is 2.32 bits per heavy atom. The van der Waals surface area contributed by atoms with E-state index in [4.69, 9.17) is 4.98 Å². The quantitative estimate of drug-likeness (QED) is 0.578. The molecule has 0 amide bonds. The van der Waals surface area contributed by atoms with Crippen molar-refractivity contribution in [3.8, 4) is 22.4 Å². The van der Waals surface area contributed by atoms with Gasteiger partial charge in [-0.2, -0.15) is 0 Å². The average molecular weight is 393 g/mol. The van der Waals surface area contributed by atoms with Crippen molar-refractivity contribution in [3.63, 3.8) is 0 Å². The van der Waals surface area contributed by atoms with Gasteiger partial charge in [-0.25, -0.2) is 17.9 Å². The third-order valence-electron chi connectivity index (χ3n) is 4.68. The molecule has 4 rings (SSSR count). The summed E-state index contributed by atoms with van der Waals surface area (Å²) in [6.45, 7) is 3.93. The molecule has 0 radical (unpaired) electrons. The van der Waals surface area contributed by atoms with Crippen LogP contribution in [0.2, 0.25) is 0 Å². The molecule has 0 aliphatic heterocycles. The molecule has 0 saturated carbocycles. The Hall–Kier alpha value is -3.19. The van der Waals surface area contributed by atoms with Crippen LogP contribution in [-0.2, 0) is 9.84 Å². The molecule has 0 aliphatic carbocycles. The molecular formula is C21H19N3O3S. The number of aryl methyl sites for hydroxylation is 2. The Morgan fingerprint density at radius 2 is 1.68 bits per heavy atom. The minimum absolute atomic E-state index is 0.228. The van der Waals surface area contributed by atoms with Crippen LogP contribution in [-0.4, -0.2) is 29.3 Å². The van der Waals surface area contributed by atoms with Gasteiger partial charge in [-0.1, -0.05) is 42.0 Å². The monoisotopic (exact) mass is 393 g/mol. The van der Waals surface area contributed by atoms with Crippen molar-refractivity contribution in [1.29, 1.82) is 0 Å². The molecule has 0 atom stereocenters. The Morgan fingerprint density at radius 1 is 0.964 bits per heavy atom. The Labute approximate surface area is 162 Å². The second-order valence-electron chi connectivity index (χ2n) is 6.92. The van der Waals surface area contributed by atoms with E-state index in [9.17, 15) is 13.2 Å². The van der Waals surface area contributed by atoms with Crippen LogP contribution in [0, 0.1) is 13.8 Å². The van der Waals surface area contributed by atoms with E-state index in [1.54, 1.807) is 12.1 Å². The predicted molar refractivity (Wildman–Crippen MR) is 109 cm³/mol. The maximum absolute atomic E-state index is 12.7. The van der Waals surface area contributed by atoms with Crippen LogP contribution in [0.25, 0.3) is 28.0 Å². The Kier molecular flexibility index (Phi) is 4.19. The van der Waals surface area contributed by atoms with Crippen LogP contribution in [0.3, 0.4) is 0 Å². The highest BCUT2D eigenvalue weighted by Gasteiger charge is 2.16. The first-order chi connectivity index (χ1) is 13.2. The normalized spacial score (nSPS) is 11.8. The van der Waals surface area contributed by atoms with Crippen molar-refractivity contribution in [2.75, 3.05) is 6.26 Å². The standard InChI is InChI=1S/C21H19N3O3S/c1-13-5-4-6-16(11-13)20-14(2)23-24-19(25)12-18(22-21(20)24)15-7-9-17(10-8-15)28(3,26)27/h4-12,23H,1-3H3. The summed E-state index contributed by atoms with van der Waals surface area (Å²) in [6.07, 6.45) is 1.16. The molecule has 6 nitrogen and oxygen atoms in total. The van der Waals surface area contributed by atoms with Gasteiger partial charge >= 0.3 is 0 Å². The first-order valence-corrected chi connectivity index (χ1v) is 10.6. The summed E-state index contributed by atoms with van der Waals surface area (Å²) in [7, 11) is -3.28. The number of hydrogen-bond donors (Lipinski definition) is 1. The molecular weight excluding hydrogens is 374 g/mol. The smallest absolute Gasteiger partial charge is 0.273 e. The van der Waals surface area contributed by atoms with Gasteiger partial charge in [-0.15, -0.1) is 0 Å². The first kappa shape index (κ1) is 18.2. The summed E-state index contributed by atoms with van der Waals surface area (Å²) in [5, 5.41) is 3.08. The highest BCUT2D eigenvalue weighted by atomic mass is 32.2. The van der Waals surface area contributed by atoms with Crippen molar-refractivity contribution in [3.05, 3.63) is 76.2 Å². The largest absolute Gasteiger partial charge is 0.293 e. The number of aromatic amines is 1. The van der Waals surface area contributed by atoms with E-state index in [1.807, 2.05) is 32.0 Å². The van der Waals surface area contributed by atoms with Gasteiger partial charge in [0.05, 0.1) is 10.6 Å². The van der Waals surface area contributed by atoms with Crippen LogP contribution < -0.4 is 5.56 Å². The number of H-pyrrole nitrogens is 1. The van der Waals surface area contributed by atoms with E-state index in [0.717, 1.165) is 28.6 Å². The van der Waals surface area contributed by atoms with Crippen LogP contribution >= 0.6 is 0 Å². The second-order valence-corrected chi connectivity index (χ2v) is 8.93. The average Bonchev–Trinajstić information content (AvgIpc) is 2.97. The van der Waals surface area contributed by atoms with Gasteiger partial charge in [0, 0.05) is 29.1 Å². The highest BCUT2D eigenvalue weighted by molar-refractivity contribution is 7.90. The summed E-state index contributed by atoms with van der Waals surface area (Å²) < 4.78 is 24.8. The third kappa shape index (κ3) is 3.14. The van der Waals surface area contributed by atoms with Crippen molar-refractivity contribution in [2.24, 2.45) is 0 Å². The van der Waals surface area contributed by atoms with Crippen molar-refractivity contribution in [2.45, 2.75) is 18.7 Å². The predicted octanol–water partition coefficient (Wildman–Crippen LogP) is 3.38. The number of aromatic nitrogens is 3. The Bertz CT molecular complexity index is 1360. The van der Waals surface area contributed by atoms with E-state index in [1.165, 1.54) is 22.7 Å². The molecule has 4 aromatic rings. The topological polar surface area (TPSA) is 84.3 Å². The van der Waals surface area contributed by atoms with Crippen molar-refractivity contribution in [1.82, 2.24) is 14.6 Å². The molecule has 2 heterocycles. The number of hydrogen-bond acceptors (Lipinski definition) is 4. The number of rotatable bonds is 3. The van der Waals surface area contributed by atoms with Gasteiger partial charge in [-0.3, -0.25) is 9.89 Å². The molecule has 142 valence electrons. The number of nitrogens with zero attached hydrogens (tertiary/aromatic N) is 2. The fourth-order valence-electron chi connectivity index (χ4n) is 3.32. The van der Waals surface area contributed by atoms with E-state index in [0.29, 0.717) is 16.9 Å². The van der Waals surface area contributed by atoms with E-state index in [-0.39, 0.29) is 10.5 Å². The minimum atomic E-state index is -3.28. The van der Waals surface area contributed by atoms with Gasteiger partial charge in [0.2, 0.25) is 0 Å². The highest BCUT2D eigenvalue weighted by Crippen LogP contribution is 2.28. The second kappa shape index (κ2) is 6.45. The zero-order valence-corrected chi connectivity index (χ0v) is 16.5. The van der Waals surface area contributed by atoms with Gasteiger partial charge in [0.25, 0.3) is 5.56 Å². The summed E-state index contributed by atoms with van der Waals surface area (Å²) in [5.74, 6) is 0. The molecule has 2 aromatic heterocycles. The molecule has 0 fully saturated rings. The summed E-state index contributed by atoms with van der Waals surface area (Å²) in [4.78, 5) is 17.6.